The number of halogens is 2. The average molecular weight is 296 g/mol. The molecule has 0 aromatic heterocycles. The fraction of sp³-hybridized carbons (Fsp3) is 0.647. The van der Waals surface area contributed by atoms with E-state index in [1.807, 2.05) is 0 Å². The van der Waals surface area contributed by atoms with Crippen LogP contribution >= 0.6 is 0 Å². The number of hydrogen-bond donors (Lipinski definition) is 1. The molecule has 1 saturated carbocycles. The van der Waals surface area contributed by atoms with Crippen LogP contribution in [0.3, 0.4) is 0 Å². The van der Waals surface area contributed by atoms with Gasteiger partial charge in [0.25, 0.3) is 0 Å². The molecule has 118 valence electrons. The summed E-state index contributed by atoms with van der Waals surface area (Å²) in [5.74, 6) is -1.59. The van der Waals surface area contributed by atoms with Crippen LogP contribution in [0.25, 0.3) is 0 Å². The molecule has 0 saturated heterocycles. The van der Waals surface area contributed by atoms with Gasteiger partial charge in [-0.2, -0.15) is 0 Å². The Hall–Kier alpha value is -1.00. The van der Waals surface area contributed by atoms with Crippen LogP contribution in [0.2, 0.25) is 0 Å². The maximum atomic E-state index is 13.4. The summed E-state index contributed by atoms with van der Waals surface area (Å²) in [4.78, 5) is 2.24. The number of likely N-dealkylation sites (N-methyl/N-ethyl adjacent to an activating group) is 1. The lowest BCUT2D eigenvalue weighted by Gasteiger charge is -2.44. The number of benzene rings is 1. The average Bonchev–Trinajstić information content (AvgIpc) is 2.69. The highest BCUT2D eigenvalue weighted by atomic mass is 19.2. The molecule has 0 aliphatic heterocycles. The Balaban J connectivity index is 2.17. The van der Waals surface area contributed by atoms with Crippen LogP contribution in [0.4, 0.5) is 8.78 Å². The molecule has 1 aromatic carbocycles. The maximum absolute atomic E-state index is 13.4. The Bertz CT molecular complexity index is 466. The van der Waals surface area contributed by atoms with Gasteiger partial charge in [0, 0.05) is 11.6 Å². The van der Waals surface area contributed by atoms with Crippen LogP contribution in [-0.4, -0.2) is 30.6 Å². The molecule has 0 amide bonds. The first-order valence-electron chi connectivity index (χ1n) is 7.82. The second-order valence-electron chi connectivity index (χ2n) is 6.47. The van der Waals surface area contributed by atoms with E-state index in [2.05, 4.69) is 19.0 Å². The molecule has 1 aliphatic rings. The van der Waals surface area contributed by atoms with E-state index in [0.29, 0.717) is 6.42 Å². The quantitative estimate of drug-likeness (QED) is 0.862. The molecule has 2 nitrogen and oxygen atoms in total. The monoisotopic (exact) mass is 296 g/mol. The predicted octanol–water partition coefficient (Wildman–Crippen LogP) is 3.49. The third-order valence-electron chi connectivity index (χ3n) is 4.99. The van der Waals surface area contributed by atoms with E-state index in [0.717, 1.165) is 18.4 Å². The van der Waals surface area contributed by atoms with Crippen LogP contribution in [-0.2, 0) is 6.42 Å². The van der Waals surface area contributed by atoms with Crippen LogP contribution in [0.15, 0.2) is 18.2 Å². The van der Waals surface area contributed by atoms with E-state index >= 15 is 0 Å². The van der Waals surface area contributed by atoms with Gasteiger partial charge in [-0.15, -0.1) is 0 Å². The van der Waals surface area contributed by atoms with E-state index in [1.165, 1.54) is 37.8 Å². The minimum Gasteiger partial charge on any atom is -0.326 e. The molecule has 2 N–H and O–H groups in total. The molecule has 1 aromatic rings. The third-order valence-corrected chi connectivity index (χ3v) is 4.99. The smallest absolute Gasteiger partial charge is 0.159 e. The lowest BCUT2D eigenvalue weighted by Crippen LogP contribution is -2.58. The van der Waals surface area contributed by atoms with Crippen LogP contribution < -0.4 is 5.73 Å². The highest BCUT2D eigenvalue weighted by Crippen LogP contribution is 2.34. The first-order valence-corrected chi connectivity index (χ1v) is 7.82. The third kappa shape index (κ3) is 3.61. The van der Waals surface area contributed by atoms with E-state index in [4.69, 9.17) is 5.73 Å². The van der Waals surface area contributed by atoms with Crippen LogP contribution in [0, 0.1) is 11.6 Å². The summed E-state index contributed by atoms with van der Waals surface area (Å²) in [5.41, 5.74) is 7.25. The molecule has 1 atom stereocenters. The van der Waals surface area contributed by atoms with Crippen LogP contribution in [0.5, 0.6) is 0 Å². The van der Waals surface area contributed by atoms with Crippen molar-refractivity contribution in [1.82, 2.24) is 4.90 Å². The van der Waals surface area contributed by atoms with Crippen molar-refractivity contribution in [3.05, 3.63) is 35.4 Å². The van der Waals surface area contributed by atoms with Gasteiger partial charge >= 0.3 is 0 Å². The topological polar surface area (TPSA) is 29.3 Å². The lowest BCUT2D eigenvalue weighted by atomic mass is 9.79. The van der Waals surface area contributed by atoms with Gasteiger partial charge in [0.2, 0.25) is 0 Å². The molecule has 0 spiro atoms. The van der Waals surface area contributed by atoms with E-state index in [-0.39, 0.29) is 11.6 Å². The number of hydrogen-bond acceptors (Lipinski definition) is 2. The second kappa shape index (κ2) is 6.84. The van der Waals surface area contributed by atoms with Gasteiger partial charge in [-0.25, -0.2) is 8.78 Å². The summed E-state index contributed by atoms with van der Waals surface area (Å²) in [6, 6.07) is 4.02. The Morgan fingerprint density at radius 1 is 1.10 bits per heavy atom. The Kier molecular flexibility index (Phi) is 5.33. The highest BCUT2D eigenvalue weighted by Gasteiger charge is 2.38. The first kappa shape index (κ1) is 16.4. The summed E-state index contributed by atoms with van der Waals surface area (Å²) in [5, 5.41) is 0. The van der Waals surface area contributed by atoms with Crippen molar-refractivity contribution in [2.75, 3.05) is 14.1 Å². The molecular weight excluding hydrogens is 270 g/mol. The molecule has 0 radical (unpaired) electrons. The van der Waals surface area contributed by atoms with Crippen molar-refractivity contribution in [1.29, 1.82) is 0 Å². The molecule has 4 heteroatoms. The van der Waals surface area contributed by atoms with E-state index < -0.39 is 11.6 Å². The van der Waals surface area contributed by atoms with E-state index in [1.54, 1.807) is 6.07 Å². The number of nitrogens with two attached hydrogens (primary N) is 1. The molecule has 0 bridgehead atoms. The molecule has 0 heterocycles. The Labute approximate surface area is 126 Å². The van der Waals surface area contributed by atoms with Gasteiger partial charge in [-0.1, -0.05) is 31.7 Å². The summed E-state index contributed by atoms with van der Waals surface area (Å²) in [7, 11) is 4.16. The standard InChI is InChI=1S/C17H26F2N2/c1-21(2)17(9-5-3-4-6-10-17)16(20)12-13-7-8-14(18)15(19)11-13/h7-8,11,16H,3-6,9-10,12,20H2,1-2H3. The molecule has 2 rings (SSSR count). The SMILES string of the molecule is CN(C)C1(C(N)Cc2ccc(F)c(F)c2)CCCCCC1. The first-order chi connectivity index (χ1) is 9.95. The molecule has 1 unspecified atom stereocenters. The van der Waals surface area contributed by atoms with Gasteiger partial charge in [0.05, 0.1) is 0 Å². The molecule has 1 aliphatic carbocycles. The summed E-state index contributed by atoms with van der Waals surface area (Å²) >= 11 is 0. The molecular formula is C17H26F2N2. The zero-order chi connectivity index (χ0) is 15.5. The second-order valence-corrected chi connectivity index (χ2v) is 6.47. The zero-order valence-electron chi connectivity index (χ0n) is 13.0. The van der Waals surface area contributed by atoms with Crippen molar-refractivity contribution in [2.24, 2.45) is 5.73 Å². The zero-order valence-corrected chi connectivity index (χ0v) is 13.0. The molecule has 1 fully saturated rings. The van der Waals surface area contributed by atoms with Crippen molar-refractivity contribution < 1.29 is 8.78 Å². The minimum absolute atomic E-state index is 0.0403. The van der Waals surface area contributed by atoms with Gasteiger partial charge in [-0.3, -0.25) is 0 Å². The van der Waals surface area contributed by atoms with Crippen molar-refractivity contribution in [2.45, 2.75) is 56.5 Å². The Morgan fingerprint density at radius 3 is 2.24 bits per heavy atom. The van der Waals surface area contributed by atoms with Crippen molar-refractivity contribution in [3.8, 4) is 0 Å². The van der Waals surface area contributed by atoms with Gasteiger partial charge in [-0.05, 0) is 51.1 Å². The van der Waals surface area contributed by atoms with Gasteiger partial charge in [0.15, 0.2) is 11.6 Å². The van der Waals surface area contributed by atoms with Crippen molar-refractivity contribution in [3.63, 3.8) is 0 Å². The number of rotatable bonds is 4. The number of nitrogens with zero attached hydrogens (tertiary/aromatic N) is 1. The predicted molar refractivity (Wildman–Crippen MR) is 82.2 cm³/mol. The largest absolute Gasteiger partial charge is 0.326 e. The Morgan fingerprint density at radius 2 is 1.71 bits per heavy atom. The minimum atomic E-state index is -0.802. The highest BCUT2D eigenvalue weighted by molar-refractivity contribution is 5.20. The van der Waals surface area contributed by atoms with Crippen molar-refractivity contribution >= 4 is 0 Å². The fourth-order valence-electron chi connectivity index (χ4n) is 3.60. The fourth-order valence-corrected chi connectivity index (χ4v) is 3.60. The molecule has 21 heavy (non-hydrogen) atoms. The summed E-state index contributed by atoms with van der Waals surface area (Å²) < 4.78 is 26.4. The lowest BCUT2D eigenvalue weighted by molar-refractivity contribution is 0.0967. The summed E-state index contributed by atoms with van der Waals surface area (Å²) in [6.07, 6.45) is 7.61. The van der Waals surface area contributed by atoms with Crippen LogP contribution in [0.1, 0.15) is 44.1 Å². The van der Waals surface area contributed by atoms with Gasteiger partial charge in [0.1, 0.15) is 0 Å². The van der Waals surface area contributed by atoms with E-state index in [9.17, 15) is 8.78 Å². The normalized spacial score (nSPS) is 20.3. The van der Waals surface area contributed by atoms with Gasteiger partial charge < -0.3 is 10.6 Å². The maximum Gasteiger partial charge on any atom is 0.159 e. The summed E-state index contributed by atoms with van der Waals surface area (Å²) in [6.45, 7) is 0.